The van der Waals surface area contributed by atoms with E-state index in [2.05, 4.69) is 20.9 Å². The summed E-state index contributed by atoms with van der Waals surface area (Å²) in [6.45, 7) is 1.66. The largest absolute Gasteiger partial charge is 0.493 e. The van der Waals surface area contributed by atoms with E-state index in [9.17, 15) is 4.79 Å². The van der Waals surface area contributed by atoms with Crippen LogP contribution in [0.5, 0.6) is 5.75 Å². The van der Waals surface area contributed by atoms with E-state index in [1.165, 1.54) is 11.3 Å². The van der Waals surface area contributed by atoms with Gasteiger partial charge in [-0.3, -0.25) is 4.79 Å². The van der Waals surface area contributed by atoms with Crippen molar-refractivity contribution in [3.8, 4) is 5.75 Å². The topological polar surface area (TPSA) is 56.1 Å². The van der Waals surface area contributed by atoms with Gasteiger partial charge in [0.25, 0.3) is 0 Å². The predicted molar refractivity (Wildman–Crippen MR) is 87.2 cm³/mol. The average molecular weight is 309 g/mol. The van der Waals surface area contributed by atoms with Gasteiger partial charge in [-0.25, -0.2) is 4.98 Å². The van der Waals surface area contributed by atoms with Gasteiger partial charge in [0.1, 0.15) is 5.75 Å². The maximum absolute atomic E-state index is 12.1. The van der Waals surface area contributed by atoms with Gasteiger partial charge < -0.3 is 14.6 Å². The number of amides is 1. The third-order valence-electron chi connectivity index (χ3n) is 4.46. The second-order valence-electron chi connectivity index (χ2n) is 6.08. The number of benzene rings is 1. The number of hydrogen-bond acceptors (Lipinski definition) is 3. The molecule has 0 spiro atoms. The number of carbonyl (C=O) groups excluding carboxylic acids is 1. The standard InChI is InChI=1S/C18H19N3O2/c22-18(20-15-5-7-21-12-19-11-16(21)10-15)4-2-13-1-3-17-14(9-13)6-8-23-17/h1-4,9,11-12,15H,5-8,10H2,(H,20,22)/b4-2+/t15-/m1/s1. The Kier molecular flexibility index (Phi) is 3.61. The van der Waals surface area contributed by atoms with Crippen LogP contribution in [0.2, 0.25) is 0 Å². The van der Waals surface area contributed by atoms with Crippen LogP contribution < -0.4 is 10.1 Å². The van der Waals surface area contributed by atoms with Crippen molar-refractivity contribution in [2.24, 2.45) is 0 Å². The first-order valence-corrected chi connectivity index (χ1v) is 8.01. The van der Waals surface area contributed by atoms with E-state index in [0.717, 1.165) is 43.7 Å². The fourth-order valence-corrected chi connectivity index (χ4v) is 3.22. The molecule has 2 aliphatic heterocycles. The van der Waals surface area contributed by atoms with E-state index in [1.54, 1.807) is 6.08 Å². The number of ether oxygens (including phenoxy) is 1. The highest BCUT2D eigenvalue weighted by Crippen LogP contribution is 2.26. The van der Waals surface area contributed by atoms with Crippen molar-refractivity contribution in [2.45, 2.75) is 31.8 Å². The minimum atomic E-state index is -0.0419. The van der Waals surface area contributed by atoms with Gasteiger partial charge in [0.2, 0.25) is 5.91 Å². The predicted octanol–water partition coefficient (Wildman–Crippen LogP) is 1.96. The summed E-state index contributed by atoms with van der Waals surface area (Å²) in [4.78, 5) is 16.3. The SMILES string of the molecule is O=C(/C=C/c1ccc2c(c1)CCO2)N[C@@H]1CCn2cncc2C1. The number of aromatic nitrogens is 2. The van der Waals surface area contributed by atoms with E-state index >= 15 is 0 Å². The van der Waals surface area contributed by atoms with Crippen LogP contribution >= 0.6 is 0 Å². The Morgan fingerprint density at radius 2 is 2.39 bits per heavy atom. The molecule has 0 fully saturated rings. The second-order valence-corrected chi connectivity index (χ2v) is 6.08. The Morgan fingerprint density at radius 3 is 3.35 bits per heavy atom. The van der Waals surface area contributed by atoms with Crippen molar-refractivity contribution >= 4 is 12.0 Å². The second kappa shape index (κ2) is 5.91. The van der Waals surface area contributed by atoms with Gasteiger partial charge in [-0.1, -0.05) is 6.07 Å². The Labute approximate surface area is 135 Å². The summed E-state index contributed by atoms with van der Waals surface area (Å²) in [6, 6.07) is 6.23. The third-order valence-corrected chi connectivity index (χ3v) is 4.46. The number of carbonyl (C=O) groups is 1. The molecule has 0 radical (unpaired) electrons. The van der Waals surface area contributed by atoms with Gasteiger partial charge in [0.15, 0.2) is 0 Å². The van der Waals surface area contributed by atoms with E-state index in [-0.39, 0.29) is 11.9 Å². The molecule has 0 saturated heterocycles. The zero-order valence-corrected chi connectivity index (χ0v) is 12.9. The van der Waals surface area contributed by atoms with E-state index in [1.807, 2.05) is 30.7 Å². The van der Waals surface area contributed by atoms with Crippen LogP contribution in [0.15, 0.2) is 36.8 Å². The molecule has 0 aliphatic carbocycles. The minimum absolute atomic E-state index is 0.0419. The molecule has 2 aliphatic rings. The molecule has 0 saturated carbocycles. The Morgan fingerprint density at radius 1 is 1.43 bits per heavy atom. The molecule has 1 aromatic heterocycles. The van der Waals surface area contributed by atoms with Gasteiger partial charge in [0, 0.05) is 43.4 Å². The smallest absolute Gasteiger partial charge is 0.244 e. The van der Waals surface area contributed by atoms with Crippen molar-refractivity contribution in [2.75, 3.05) is 6.61 Å². The number of fused-ring (bicyclic) bond motifs is 2. The van der Waals surface area contributed by atoms with Crippen LogP contribution in [0.3, 0.4) is 0 Å². The summed E-state index contributed by atoms with van der Waals surface area (Å²) < 4.78 is 7.64. The molecular weight excluding hydrogens is 290 g/mol. The summed E-state index contributed by atoms with van der Waals surface area (Å²) in [5, 5.41) is 3.08. The molecule has 3 heterocycles. The summed E-state index contributed by atoms with van der Waals surface area (Å²) in [6.07, 6.45) is 9.93. The molecule has 1 aromatic carbocycles. The quantitative estimate of drug-likeness (QED) is 0.882. The van der Waals surface area contributed by atoms with Crippen LogP contribution in [-0.2, 0) is 24.2 Å². The number of imidazole rings is 1. The molecule has 0 bridgehead atoms. The van der Waals surface area contributed by atoms with Crippen molar-refractivity contribution in [3.05, 3.63) is 53.6 Å². The zero-order valence-electron chi connectivity index (χ0n) is 12.9. The van der Waals surface area contributed by atoms with Crippen LogP contribution in [0, 0.1) is 0 Å². The highest BCUT2D eigenvalue weighted by Gasteiger charge is 2.19. The van der Waals surface area contributed by atoms with Gasteiger partial charge in [0.05, 0.1) is 12.9 Å². The maximum atomic E-state index is 12.1. The van der Waals surface area contributed by atoms with Crippen molar-refractivity contribution < 1.29 is 9.53 Å². The molecule has 4 rings (SSSR count). The summed E-state index contributed by atoms with van der Waals surface area (Å²) in [5.74, 6) is 0.921. The van der Waals surface area contributed by atoms with E-state index in [4.69, 9.17) is 4.74 Å². The number of rotatable bonds is 3. The molecule has 5 heteroatoms. The fourth-order valence-electron chi connectivity index (χ4n) is 3.22. The normalized spacial score (nSPS) is 19.2. The fraction of sp³-hybridized carbons (Fsp3) is 0.333. The lowest BCUT2D eigenvalue weighted by Crippen LogP contribution is -2.39. The first-order valence-electron chi connectivity index (χ1n) is 8.01. The molecule has 2 aromatic rings. The lowest BCUT2D eigenvalue weighted by atomic mass is 10.0. The minimum Gasteiger partial charge on any atom is -0.493 e. The first kappa shape index (κ1) is 14.1. The van der Waals surface area contributed by atoms with Crippen LogP contribution in [0.1, 0.15) is 23.2 Å². The third kappa shape index (κ3) is 2.99. The Bertz CT molecular complexity index is 763. The maximum Gasteiger partial charge on any atom is 0.244 e. The van der Waals surface area contributed by atoms with Crippen LogP contribution in [-0.4, -0.2) is 28.1 Å². The molecule has 1 atom stereocenters. The average Bonchev–Trinajstić information content (AvgIpc) is 3.20. The summed E-state index contributed by atoms with van der Waals surface area (Å²) in [7, 11) is 0. The van der Waals surface area contributed by atoms with Gasteiger partial charge in [-0.15, -0.1) is 0 Å². The highest BCUT2D eigenvalue weighted by molar-refractivity contribution is 5.92. The number of nitrogens with zero attached hydrogens (tertiary/aromatic N) is 2. The van der Waals surface area contributed by atoms with E-state index in [0.29, 0.717) is 0 Å². The Balaban J connectivity index is 1.37. The van der Waals surface area contributed by atoms with Gasteiger partial charge in [-0.05, 0) is 35.8 Å². The lowest BCUT2D eigenvalue weighted by molar-refractivity contribution is -0.117. The van der Waals surface area contributed by atoms with Crippen LogP contribution in [0.4, 0.5) is 0 Å². The highest BCUT2D eigenvalue weighted by atomic mass is 16.5. The first-order chi connectivity index (χ1) is 11.3. The molecule has 1 N–H and O–H groups in total. The molecular formula is C18H19N3O2. The van der Waals surface area contributed by atoms with Crippen molar-refractivity contribution in [1.29, 1.82) is 0 Å². The van der Waals surface area contributed by atoms with Crippen LogP contribution in [0.25, 0.3) is 6.08 Å². The Hall–Kier alpha value is -2.56. The monoisotopic (exact) mass is 309 g/mol. The lowest BCUT2D eigenvalue weighted by Gasteiger charge is -2.24. The summed E-state index contributed by atoms with van der Waals surface area (Å²) >= 11 is 0. The van der Waals surface area contributed by atoms with Crippen molar-refractivity contribution in [3.63, 3.8) is 0 Å². The summed E-state index contributed by atoms with van der Waals surface area (Å²) in [5.41, 5.74) is 3.43. The molecule has 1 amide bonds. The molecule has 0 unspecified atom stereocenters. The van der Waals surface area contributed by atoms with Crippen molar-refractivity contribution in [1.82, 2.24) is 14.9 Å². The van der Waals surface area contributed by atoms with E-state index < -0.39 is 0 Å². The molecule has 118 valence electrons. The van der Waals surface area contributed by atoms with Gasteiger partial charge >= 0.3 is 0 Å². The number of nitrogens with one attached hydrogen (secondary N) is 1. The number of aryl methyl sites for hydroxylation is 1. The molecule has 23 heavy (non-hydrogen) atoms. The number of hydrogen-bond donors (Lipinski definition) is 1. The zero-order chi connectivity index (χ0) is 15.6. The van der Waals surface area contributed by atoms with Gasteiger partial charge in [-0.2, -0.15) is 0 Å². The molecule has 5 nitrogen and oxygen atoms in total.